The fourth-order valence-electron chi connectivity index (χ4n) is 1.88. The summed E-state index contributed by atoms with van der Waals surface area (Å²) in [6.45, 7) is 0. The van der Waals surface area contributed by atoms with Crippen molar-refractivity contribution in [3.05, 3.63) is 59.8 Å². The molecule has 3 N–H and O–H groups in total. The Balaban J connectivity index is 2.08. The minimum atomic E-state index is -1.06. The maximum atomic E-state index is 10.5. The Morgan fingerprint density at radius 2 is 1.89 bits per heavy atom. The Labute approximate surface area is 106 Å². The van der Waals surface area contributed by atoms with Gasteiger partial charge in [-0.3, -0.25) is 0 Å². The molecule has 0 unspecified atom stereocenters. The lowest BCUT2D eigenvalue weighted by Gasteiger charge is -2.02. The van der Waals surface area contributed by atoms with Crippen molar-refractivity contribution in [2.75, 3.05) is 0 Å². The number of rotatable bonds is 4. The molecule has 0 saturated carbocycles. The Kier molecular flexibility index (Phi) is 3.63. The molecule has 0 aliphatic rings. The monoisotopic (exact) mass is 241 g/mol. The fourth-order valence-corrected chi connectivity index (χ4v) is 1.88. The van der Waals surface area contributed by atoms with Crippen LogP contribution in [-0.4, -0.2) is 11.1 Å². The maximum Gasteiger partial charge on any atom is 0.351 e. The van der Waals surface area contributed by atoms with Crippen LogP contribution in [0, 0.1) is 0 Å². The lowest BCUT2D eigenvalue weighted by Crippen LogP contribution is -2.09. The molecule has 3 heteroatoms. The van der Waals surface area contributed by atoms with Gasteiger partial charge in [-0.1, -0.05) is 48.5 Å². The van der Waals surface area contributed by atoms with Crippen LogP contribution in [0.1, 0.15) is 12.0 Å². The molecule has 0 aromatic heterocycles. The van der Waals surface area contributed by atoms with Crippen LogP contribution in [0.5, 0.6) is 0 Å². The quantitative estimate of drug-likeness (QED) is 0.809. The van der Waals surface area contributed by atoms with Gasteiger partial charge in [0.05, 0.1) is 0 Å². The zero-order valence-electron chi connectivity index (χ0n) is 9.97. The molecule has 0 fully saturated rings. The molecular weight excluding hydrogens is 226 g/mol. The van der Waals surface area contributed by atoms with E-state index >= 15 is 0 Å². The van der Waals surface area contributed by atoms with Gasteiger partial charge in [-0.05, 0) is 29.2 Å². The Morgan fingerprint density at radius 3 is 2.61 bits per heavy atom. The topological polar surface area (TPSA) is 63.3 Å². The third-order valence-corrected chi connectivity index (χ3v) is 2.86. The third kappa shape index (κ3) is 2.88. The summed E-state index contributed by atoms with van der Waals surface area (Å²) >= 11 is 0. The minimum Gasteiger partial charge on any atom is -0.477 e. The van der Waals surface area contributed by atoms with Crippen molar-refractivity contribution in [3.8, 4) is 0 Å². The molecule has 0 heterocycles. The molecular formula is C15H15NO2. The van der Waals surface area contributed by atoms with Gasteiger partial charge >= 0.3 is 5.97 Å². The Bertz CT molecular complexity index is 602. The first-order valence-corrected chi connectivity index (χ1v) is 5.83. The van der Waals surface area contributed by atoms with E-state index in [2.05, 4.69) is 30.3 Å². The molecule has 2 rings (SSSR count). The van der Waals surface area contributed by atoms with Crippen LogP contribution in [0.3, 0.4) is 0 Å². The van der Waals surface area contributed by atoms with E-state index in [1.807, 2.05) is 12.1 Å². The van der Waals surface area contributed by atoms with E-state index in [0.717, 1.165) is 6.42 Å². The molecule has 0 amide bonds. The molecule has 0 atom stereocenters. The first kappa shape index (κ1) is 12.2. The van der Waals surface area contributed by atoms with Gasteiger partial charge in [-0.25, -0.2) is 4.79 Å². The van der Waals surface area contributed by atoms with Crippen molar-refractivity contribution in [2.45, 2.75) is 12.8 Å². The first-order valence-electron chi connectivity index (χ1n) is 5.83. The second kappa shape index (κ2) is 5.36. The molecule has 18 heavy (non-hydrogen) atoms. The summed E-state index contributed by atoms with van der Waals surface area (Å²) in [4.78, 5) is 10.5. The summed E-state index contributed by atoms with van der Waals surface area (Å²) in [6, 6.07) is 14.4. The standard InChI is InChI=1S/C15H15NO2/c16-14(15(17)18)7-3-4-11-8-9-12-5-1-2-6-13(12)10-11/h1-2,5-10H,3-4,16H2,(H,17,18). The van der Waals surface area contributed by atoms with Gasteiger partial charge in [0, 0.05) is 0 Å². The van der Waals surface area contributed by atoms with Crippen LogP contribution in [0.15, 0.2) is 54.2 Å². The number of aliphatic carboxylic acids is 1. The van der Waals surface area contributed by atoms with Gasteiger partial charge in [0.15, 0.2) is 0 Å². The number of benzene rings is 2. The number of aryl methyl sites for hydroxylation is 1. The fraction of sp³-hybridized carbons (Fsp3) is 0.133. The predicted molar refractivity (Wildman–Crippen MR) is 72.2 cm³/mol. The van der Waals surface area contributed by atoms with Gasteiger partial charge < -0.3 is 10.8 Å². The zero-order chi connectivity index (χ0) is 13.0. The van der Waals surface area contributed by atoms with E-state index in [0.29, 0.717) is 6.42 Å². The van der Waals surface area contributed by atoms with E-state index in [4.69, 9.17) is 10.8 Å². The maximum absolute atomic E-state index is 10.5. The number of carboxylic acids is 1. The van der Waals surface area contributed by atoms with Gasteiger partial charge in [0.1, 0.15) is 5.70 Å². The average molecular weight is 241 g/mol. The number of carbonyl (C=O) groups is 1. The summed E-state index contributed by atoms with van der Waals surface area (Å²) in [6.07, 6.45) is 2.98. The summed E-state index contributed by atoms with van der Waals surface area (Å²) in [5.41, 5.74) is 6.43. The van der Waals surface area contributed by atoms with Gasteiger partial charge in [-0.15, -0.1) is 0 Å². The molecule has 0 saturated heterocycles. The molecule has 3 nitrogen and oxygen atoms in total. The van der Waals surface area contributed by atoms with E-state index in [1.54, 1.807) is 6.08 Å². The number of hydrogen-bond acceptors (Lipinski definition) is 2. The van der Waals surface area contributed by atoms with Crippen LogP contribution in [0.4, 0.5) is 0 Å². The van der Waals surface area contributed by atoms with E-state index in [9.17, 15) is 4.79 Å². The molecule has 0 aliphatic carbocycles. The summed E-state index contributed by atoms with van der Waals surface area (Å²) in [5, 5.41) is 11.0. The van der Waals surface area contributed by atoms with Gasteiger partial charge in [0.25, 0.3) is 0 Å². The highest BCUT2D eigenvalue weighted by molar-refractivity contribution is 5.85. The summed E-state index contributed by atoms with van der Waals surface area (Å²) < 4.78 is 0. The van der Waals surface area contributed by atoms with E-state index < -0.39 is 5.97 Å². The van der Waals surface area contributed by atoms with Crippen molar-refractivity contribution in [1.82, 2.24) is 0 Å². The van der Waals surface area contributed by atoms with Crippen molar-refractivity contribution in [2.24, 2.45) is 5.73 Å². The number of carboxylic acid groups (broad SMARTS) is 1. The Morgan fingerprint density at radius 1 is 1.17 bits per heavy atom. The van der Waals surface area contributed by atoms with Crippen molar-refractivity contribution in [3.63, 3.8) is 0 Å². The molecule has 92 valence electrons. The average Bonchev–Trinajstić information content (AvgIpc) is 2.38. The van der Waals surface area contributed by atoms with E-state index in [-0.39, 0.29) is 5.70 Å². The lowest BCUT2D eigenvalue weighted by atomic mass is 10.0. The van der Waals surface area contributed by atoms with Crippen molar-refractivity contribution < 1.29 is 9.90 Å². The summed E-state index contributed by atoms with van der Waals surface area (Å²) in [7, 11) is 0. The highest BCUT2D eigenvalue weighted by atomic mass is 16.4. The second-order valence-corrected chi connectivity index (χ2v) is 4.18. The van der Waals surface area contributed by atoms with Crippen LogP contribution in [-0.2, 0) is 11.2 Å². The number of allylic oxidation sites excluding steroid dienone is 1. The Hall–Kier alpha value is -2.29. The highest BCUT2D eigenvalue weighted by Crippen LogP contribution is 2.16. The first-order chi connectivity index (χ1) is 8.66. The van der Waals surface area contributed by atoms with Gasteiger partial charge in [-0.2, -0.15) is 0 Å². The highest BCUT2D eigenvalue weighted by Gasteiger charge is 2.00. The van der Waals surface area contributed by atoms with Crippen molar-refractivity contribution >= 4 is 16.7 Å². The zero-order valence-corrected chi connectivity index (χ0v) is 9.97. The molecule has 2 aromatic carbocycles. The molecule has 0 bridgehead atoms. The lowest BCUT2D eigenvalue weighted by molar-refractivity contribution is -0.132. The smallest absolute Gasteiger partial charge is 0.351 e. The molecule has 0 radical (unpaired) electrons. The SMILES string of the molecule is NC(=CCCc1ccc2ccccc2c1)C(=O)O. The largest absolute Gasteiger partial charge is 0.477 e. The minimum absolute atomic E-state index is 0.0872. The normalized spacial score (nSPS) is 11.7. The van der Waals surface area contributed by atoms with Gasteiger partial charge in [0.2, 0.25) is 0 Å². The van der Waals surface area contributed by atoms with Crippen LogP contribution >= 0.6 is 0 Å². The van der Waals surface area contributed by atoms with E-state index in [1.165, 1.54) is 16.3 Å². The number of hydrogen-bond donors (Lipinski definition) is 2. The van der Waals surface area contributed by atoms with Crippen LogP contribution in [0.25, 0.3) is 10.8 Å². The predicted octanol–water partition coefficient (Wildman–Crippen LogP) is 2.70. The number of nitrogens with two attached hydrogens (primary N) is 1. The summed E-state index contributed by atoms with van der Waals surface area (Å²) in [5.74, 6) is -1.06. The molecule has 2 aromatic rings. The third-order valence-electron chi connectivity index (χ3n) is 2.86. The number of fused-ring (bicyclic) bond motifs is 1. The molecule has 0 aliphatic heterocycles. The van der Waals surface area contributed by atoms with Crippen LogP contribution in [0.2, 0.25) is 0 Å². The second-order valence-electron chi connectivity index (χ2n) is 4.18. The van der Waals surface area contributed by atoms with Crippen molar-refractivity contribution in [1.29, 1.82) is 0 Å². The molecule has 0 spiro atoms. The van der Waals surface area contributed by atoms with Crippen LogP contribution < -0.4 is 5.73 Å².